The van der Waals surface area contributed by atoms with Gasteiger partial charge in [0.05, 0.1) is 18.1 Å². The van der Waals surface area contributed by atoms with Crippen molar-refractivity contribution in [2.75, 3.05) is 19.1 Å². The minimum atomic E-state index is -0.730. The molecule has 1 fully saturated rings. The summed E-state index contributed by atoms with van der Waals surface area (Å²) in [5.74, 6) is -0.720. The number of nitro groups is 1. The maximum absolute atomic E-state index is 13.7. The minimum Gasteiger partial charge on any atom is -0.494 e. The molecular formula is C14H20FN3O3. The Kier molecular flexibility index (Phi) is 4.62. The Labute approximate surface area is 122 Å². The number of methoxy groups -OCH3 is 1. The van der Waals surface area contributed by atoms with Crippen LogP contribution in [0.25, 0.3) is 0 Å². The van der Waals surface area contributed by atoms with Crippen LogP contribution >= 0.6 is 0 Å². The summed E-state index contributed by atoms with van der Waals surface area (Å²) < 4.78 is 18.6. The van der Waals surface area contributed by atoms with Crippen molar-refractivity contribution in [3.8, 4) is 5.75 Å². The van der Waals surface area contributed by atoms with Crippen LogP contribution in [0.5, 0.6) is 5.75 Å². The smallest absolute Gasteiger partial charge is 0.295 e. The Hall–Kier alpha value is -1.89. The fraction of sp³-hybridized carbons (Fsp3) is 0.571. The van der Waals surface area contributed by atoms with Crippen molar-refractivity contribution in [2.45, 2.75) is 37.8 Å². The number of benzene rings is 1. The van der Waals surface area contributed by atoms with Gasteiger partial charge in [-0.05, 0) is 25.7 Å². The normalized spacial score (nSPS) is 21.9. The molecule has 0 spiro atoms. The first-order chi connectivity index (χ1) is 9.93. The zero-order valence-corrected chi connectivity index (χ0v) is 12.2. The molecule has 2 rings (SSSR count). The molecule has 1 aliphatic rings. The molecule has 0 heterocycles. The quantitative estimate of drug-likeness (QED) is 0.682. The van der Waals surface area contributed by atoms with E-state index >= 15 is 0 Å². The van der Waals surface area contributed by atoms with Crippen LogP contribution in [0.15, 0.2) is 12.1 Å². The molecule has 0 aromatic heterocycles. The van der Waals surface area contributed by atoms with Crippen molar-refractivity contribution in [1.82, 2.24) is 0 Å². The second kappa shape index (κ2) is 6.26. The summed E-state index contributed by atoms with van der Waals surface area (Å²) >= 11 is 0. The summed E-state index contributed by atoms with van der Waals surface area (Å²) in [6, 6.07) is 2.67. The van der Waals surface area contributed by atoms with Gasteiger partial charge < -0.3 is 15.4 Å². The zero-order valence-electron chi connectivity index (χ0n) is 12.2. The van der Waals surface area contributed by atoms with E-state index in [4.69, 9.17) is 10.5 Å². The number of hydrogen-bond donors (Lipinski definition) is 1. The zero-order chi connectivity index (χ0) is 15.6. The largest absolute Gasteiger partial charge is 0.494 e. The number of nitro benzene ring substituents is 1. The summed E-state index contributed by atoms with van der Waals surface area (Å²) in [4.78, 5) is 12.4. The summed E-state index contributed by atoms with van der Waals surface area (Å²) in [5, 5.41) is 11.2. The Morgan fingerprint density at radius 1 is 1.38 bits per heavy atom. The molecule has 1 aromatic carbocycles. The van der Waals surface area contributed by atoms with Gasteiger partial charge in [-0.2, -0.15) is 0 Å². The number of rotatable bonds is 4. The number of anilines is 1. The molecule has 0 atom stereocenters. The third kappa shape index (κ3) is 3.24. The van der Waals surface area contributed by atoms with E-state index in [-0.39, 0.29) is 23.5 Å². The van der Waals surface area contributed by atoms with Crippen LogP contribution in [0.4, 0.5) is 15.8 Å². The Balaban J connectivity index is 2.34. The van der Waals surface area contributed by atoms with Crippen LogP contribution in [0, 0.1) is 15.9 Å². The lowest BCUT2D eigenvalue weighted by atomic mass is 9.90. The molecule has 0 aliphatic heterocycles. The van der Waals surface area contributed by atoms with Gasteiger partial charge in [0.2, 0.25) is 0 Å². The molecule has 116 valence electrons. The minimum absolute atomic E-state index is 0.00922. The Bertz CT molecular complexity index is 530. The van der Waals surface area contributed by atoms with Gasteiger partial charge in [-0.3, -0.25) is 10.1 Å². The molecule has 1 saturated carbocycles. The van der Waals surface area contributed by atoms with E-state index in [1.165, 1.54) is 13.2 Å². The average Bonchev–Trinajstić information content (AvgIpc) is 2.47. The van der Waals surface area contributed by atoms with Gasteiger partial charge in [0.1, 0.15) is 5.69 Å². The van der Waals surface area contributed by atoms with Crippen molar-refractivity contribution in [2.24, 2.45) is 5.73 Å². The lowest BCUT2D eigenvalue weighted by Gasteiger charge is -2.34. The highest BCUT2D eigenvalue weighted by atomic mass is 19.1. The topological polar surface area (TPSA) is 81.6 Å². The van der Waals surface area contributed by atoms with E-state index in [2.05, 4.69) is 0 Å². The Morgan fingerprint density at radius 2 is 2.00 bits per heavy atom. The Morgan fingerprint density at radius 3 is 2.52 bits per heavy atom. The lowest BCUT2D eigenvalue weighted by molar-refractivity contribution is -0.384. The second-order valence-corrected chi connectivity index (χ2v) is 5.41. The molecule has 0 amide bonds. The van der Waals surface area contributed by atoms with Crippen molar-refractivity contribution in [3.05, 3.63) is 28.1 Å². The number of ether oxygens (including phenoxy) is 1. The molecular weight excluding hydrogens is 277 g/mol. The fourth-order valence-electron chi connectivity index (χ4n) is 2.80. The van der Waals surface area contributed by atoms with E-state index in [9.17, 15) is 14.5 Å². The third-order valence-corrected chi connectivity index (χ3v) is 4.11. The van der Waals surface area contributed by atoms with Crippen LogP contribution in [-0.2, 0) is 0 Å². The van der Waals surface area contributed by atoms with E-state index in [0.717, 1.165) is 31.7 Å². The van der Waals surface area contributed by atoms with Crippen molar-refractivity contribution in [3.63, 3.8) is 0 Å². The molecule has 1 aromatic rings. The molecule has 7 heteroatoms. The SMILES string of the molecule is COc1cc(N(C)C2CCC(N)CC2)c([N+](=O)[O-])cc1F. The molecule has 0 bridgehead atoms. The lowest BCUT2D eigenvalue weighted by Crippen LogP contribution is -2.39. The van der Waals surface area contributed by atoms with Gasteiger partial charge >= 0.3 is 0 Å². The van der Waals surface area contributed by atoms with Gasteiger partial charge in [0.15, 0.2) is 11.6 Å². The van der Waals surface area contributed by atoms with Crippen molar-refractivity contribution >= 4 is 11.4 Å². The first-order valence-electron chi connectivity index (χ1n) is 6.94. The first kappa shape index (κ1) is 15.5. The van der Waals surface area contributed by atoms with Crippen LogP contribution in [0.2, 0.25) is 0 Å². The predicted octanol–water partition coefficient (Wildman–Crippen LogP) is 2.45. The first-order valence-corrected chi connectivity index (χ1v) is 6.94. The molecule has 0 saturated heterocycles. The number of nitrogens with two attached hydrogens (primary N) is 1. The van der Waals surface area contributed by atoms with Gasteiger partial charge in [0.25, 0.3) is 5.69 Å². The maximum atomic E-state index is 13.7. The maximum Gasteiger partial charge on any atom is 0.295 e. The van der Waals surface area contributed by atoms with Crippen molar-refractivity contribution < 1.29 is 14.1 Å². The monoisotopic (exact) mass is 297 g/mol. The van der Waals surface area contributed by atoms with Crippen LogP contribution < -0.4 is 15.4 Å². The van der Waals surface area contributed by atoms with Gasteiger partial charge in [-0.25, -0.2) is 4.39 Å². The van der Waals surface area contributed by atoms with E-state index in [0.29, 0.717) is 5.69 Å². The predicted molar refractivity (Wildman–Crippen MR) is 78.2 cm³/mol. The van der Waals surface area contributed by atoms with Crippen LogP contribution in [0.3, 0.4) is 0 Å². The molecule has 0 unspecified atom stereocenters. The third-order valence-electron chi connectivity index (χ3n) is 4.11. The highest BCUT2D eigenvalue weighted by Crippen LogP contribution is 2.36. The number of hydrogen-bond acceptors (Lipinski definition) is 5. The summed E-state index contributed by atoms with van der Waals surface area (Å²) in [5.41, 5.74) is 6.01. The standard InChI is InChI=1S/C14H20FN3O3/c1-17(10-5-3-9(16)4-6-10)12-8-14(21-2)11(15)7-13(12)18(19)20/h7-10H,3-6,16H2,1-2H3. The van der Waals surface area contributed by atoms with E-state index in [1.54, 1.807) is 7.05 Å². The average molecular weight is 297 g/mol. The van der Waals surface area contributed by atoms with Gasteiger partial charge in [-0.15, -0.1) is 0 Å². The second-order valence-electron chi connectivity index (χ2n) is 5.41. The molecule has 0 radical (unpaired) electrons. The highest BCUT2D eigenvalue weighted by Gasteiger charge is 2.28. The molecule has 21 heavy (non-hydrogen) atoms. The van der Waals surface area contributed by atoms with Crippen LogP contribution in [-0.4, -0.2) is 31.2 Å². The molecule has 6 nitrogen and oxygen atoms in total. The van der Waals surface area contributed by atoms with Crippen LogP contribution in [0.1, 0.15) is 25.7 Å². The van der Waals surface area contributed by atoms with Crippen molar-refractivity contribution in [1.29, 1.82) is 0 Å². The van der Waals surface area contributed by atoms with Gasteiger partial charge in [-0.1, -0.05) is 0 Å². The molecule has 2 N–H and O–H groups in total. The summed E-state index contributed by atoms with van der Waals surface area (Å²) in [7, 11) is 3.13. The fourth-order valence-corrected chi connectivity index (χ4v) is 2.80. The molecule has 1 aliphatic carbocycles. The highest BCUT2D eigenvalue weighted by molar-refractivity contribution is 5.66. The van der Waals surface area contributed by atoms with E-state index in [1.807, 2.05) is 4.90 Å². The summed E-state index contributed by atoms with van der Waals surface area (Å²) in [6.07, 6.45) is 3.52. The van der Waals surface area contributed by atoms with E-state index < -0.39 is 10.7 Å². The number of nitrogens with zero attached hydrogens (tertiary/aromatic N) is 2. The number of halogens is 1. The summed E-state index contributed by atoms with van der Waals surface area (Å²) in [6.45, 7) is 0. The van der Waals surface area contributed by atoms with Gasteiger partial charge in [0, 0.05) is 25.2 Å².